The summed E-state index contributed by atoms with van der Waals surface area (Å²) in [5.41, 5.74) is 2.10. The smallest absolute Gasteiger partial charge is 0.269 e. The first-order chi connectivity index (χ1) is 13.7. The highest BCUT2D eigenvalue weighted by atomic mass is 32.1. The van der Waals surface area contributed by atoms with Crippen LogP contribution < -0.4 is 10.2 Å². The summed E-state index contributed by atoms with van der Waals surface area (Å²) in [6.45, 7) is 1.48. The van der Waals surface area contributed by atoms with Gasteiger partial charge in [-0.15, -0.1) is 21.5 Å². The van der Waals surface area contributed by atoms with E-state index in [1.165, 1.54) is 0 Å². The van der Waals surface area contributed by atoms with Gasteiger partial charge in [0.1, 0.15) is 17.7 Å². The Labute approximate surface area is 164 Å². The maximum Gasteiger partial charge on any atom is 0.269 e. The van der Waals surface area contributed by atoms with Crippen molar-refractivity contribution in [1.29, 1.82) is 0 Å². The van der Waals surface area contributed by atoms with E-state index in [0.29, 0.717) is 12.2 Å². The molecule has 1 fully saturated rings. The molecule has 0 bridgehead atoms. The van der Waals surface area contributed by atoms with E-state index >= 15 is 0 Å². The zero-order valence-electron chi connectivity index (χ0n) is 15.2. The molecule has 9 nitrogen and oxygen atoms in total. The Bertz CT molecular complexity index is 1130. The molecule has 5 heterocycles. The lowest BCUT2D eigenvalue weighted by Crippen LogP contribution is -2.38. The number of fused-ring (bicyclic) bond motifs is 1. The first kappa shape index (κ1) is 16.9. The Morgan fingerprint density at radius 2 is 2.32 bits per heavy atom. The van der Waals surface area contributed by atoms with Gasteiger partial charge in [0.25, 0.3) is 5.91 Å². The van der Waals surface area contributed by atoms with Gasteiger partial charge in [-0.3, -0.25) is 13.9 Å². The molecule has 0 saturated carbocycles. The predicted molar refractivity (Wildman–Crippen MR) is 105 cm³/mol. The second-order valence-electron chi connectivity index (χ2n) is 6.73. The molecule has 142 valence electrons. The SMILES string of the molecule is Cn1nc(-c2cccs2)cc1C(=O)N[C@H]1CCN(c2nccn3cnnc23)C1. The molecule has 1 amide bonds. The lowest BCUT2D eigenvalue weighted by Gasteiger charge is -2.18. The second-order valence-corrected chi connectivity index (χ2v) is 7.68. The number of thiophene rings is 1. The van der Waals surface area contributed by atoms with Gasteiger partial charge < -0.3 is 10.2 Å². The molecule has 0 aliphatic carbocycles. The van der Waals surface area contributed by atoms with E-state index in [1.54, 1.807) is 35.6 Å². The molecule has 0 radical (unpaired) electrons. The summed E-state index contributed by atoms with van der Waals surface area (Å²) in [6.07, 6.45) is 6.06. The van der Waals surface area contributed by atoms with Gasteiger partial charge in [-0.05, 0) is 23.9 Å². The van der Waals surface area contributed by atoms with E-state index < -0.39 is 0 Å². The van der Waals surface area contributed by atoms with Crippen molar-refractivity contribution in [3.8, 4) is 10.6 Å². The van der Waals surface area contributed by atoms with Gasteiger partial charge in [0.05, 0.1) is 4.88 Å². The number of hydrogen-bond acceptors (Lipinski definition) is 7. The molecule has 0 spiro atoms. The van der Waals surface area contributed by atoms with Crippen molar-refractivity contribution in [2.75, 3.05) is 18.0 Å². The first-order valence-corrected chi connectivity index (χ1v) is 9.85. The summed E-state index contributed by atoms with van der Waals surface area (Å²) in [4.78, 5) is 20.4. The molecular formula is C18H18N8OS. The number of anilines is 1. The first-order valence-electron chi connectivity index (χ1n) is 8.97. The molecule has 10 heteroatoms. The minimum Gasteiger partial charge on any atom is -0.351 e. The highest BCUT2D eigenvalue weighted by Gasteiger charge is 2.28. The van der Waals surface area contributed by atoms with E-state index in [9.17, 15) is 4.79 Å². The van der Waals surface area contributed by atoms with E-state index in [-0.39, 0.29) is 11.9 Å². The van der Waals surface area contributed by atoms with Crippen LogP contribution in [0.1, 0.15) is 16.9 Å². The fraction of sp³-hybridized carbons (Fsp3) is 0.278. The summed E-state index contributed by atoms with van der Waals surface area (Å²) in [5, 5.41) is 17.7. The second kappa shape index (κ2) is 6.71. The van der Waals surface area contributed by atoms with Crippen LogP contribution in [0.15, 0.2) is 42.3 Å². The highest BCUT2D eigenvalue weighted by Crippen LogP contribution is 2.25. The number of amides is 1. The van der Waals surface area contributed by atoms with Gasteiger partial charge in [-0.2, -0.15) is 5.10 Å². The summed E-state index contributed by atoms with van der Waals surface area (Å²) in [6, 6.07) is 5.86. The van der Waals surface area contributed by atoms with E-state index in [1.807, 2.05) is 34.2 Å². The number of hydrogen-bond donors (Lipinski definition) is 1. The molecular weight excluding hydrogens is 376 g/mol. The Morgan fingerprint density at radius 3 is 3.18 bits per heavy atom. The van der Waals surface area contributed by atoms with Crippen molar-refractivity contribution in [2.45, 2.75) is 12.5 Å². The lowest BCUT2D eigenvalue weighted by atomic mass is 10.2. The largest absolute Gasteiger partial charge is 0.351 e. The number of carbonyl (C=O) groups is 1. The Hall–Kier alpha value is -3.27. The Balaban J connectivity index is 1.30. The number of nitrogens with one attached hydrogen (secondary N) is 1. The van der Waals surface area contributed by atoms with Crippen LogP contribution in [0, 0.1) is 0 Å². The van der Waals surface area contributed by atoms with Gasteiger partial charge in [0.15, 0.2) is 5.82 Å². The van der Waals surface area contributed by atoms with E-state index in [4.69, 9.17) is 0 Å². The van der Waals surface area contributed by atoms with Gasteiger partial charge in [-0.25, -0.2) is 4.98 Å². The standard InChI is InChI=1S/C18H18N8OS/c1-24-14(9-13(23-24)15-3-2-8-28-15)18(27)21-12-4-6-25(10-12)16-17-22-20-11-26(17)7-5-19-16/h2-3,5,7-9,11-12H,4,6,10H2,1H3,(H,21,27)/t12-/m0/s1. The van der Waals surface area contributed by atoms with E-state index in [2.05, 4.69) is 30.5 Å². The normalized spacial score (nSPS) is 16.8. The summed E-state index contributed by atoms with van der Waals surface area (Å²) < 4.78 is 3.48. The van der Waals surface area contributed by atoms with Crippen molar-refractivity contribution in [2.24, 2.45) is 7.05 Å². The predicted octanol–water partition coefficient (Wildman–Crippen LogP) is 1.59. The van der Waals surface area contributed by atoms with E-state index in [0.717, 1.165) is 35.0 Å². The van der Waals surface area contributed by atoms with Crippen LogP contribution in [-0.2, 0) is 7.05 Å². The number of aromatic nitrogens is 6. The molecule has 1 N–H and O–H groups in total. The molecule has 1 aliphatic heterocycles. The third kappa shape index (κ3) is 2.91. The summed E-state index contributed by atoms with van der Waals surface area (Å²) in [7, 11) is 1.79. The fourth-order valence-electron chi connectivity index (χ4n) is 3.52. The van der Waals surface area contributed by atoms with Crippen molar-refractivity contribution in [3.63, 3.8) is 0 Å². The third-order valence-electron chi connectivity index (χ3n) is 4.91. The minimum absolute atomic E-state index is 0.0394. The van der Waals surface area contributed by atoms with Crippen molar-refractivity contribution >= 4 is 28.7 Å². The molecule has 0 aromatic carbocycles. The third-order valence-corrected chi connectivity index (χ3v) is 5.80. The topological polar surface area (TPSA) is 93.2 Å². The van der Waals surface area contributed by atoms with Crippen LogP contribution in [0.3, 0.4) is 0 Å². The summed E-state index contributed by atoms with van der Waals surface area (Å²) in [5.74, 6) is 0.676. The number of aryl methyl sites for hydroxylation is 1. The zero-order valence-corrected chi connectivity index (χ0v) is 16.0. The highest BCUT2D eigenvalue weighted by molar-refractivity contribution is 7.13. The molecule has 1 atom stereocenters. The van der Waals surface area contributed by atoms with Crippen LogP contribution in [0.25, 0.3) is 16.2 Å². The molecule has 1 saturated heterocycles. The zero-order chi connectivity index (χ0) is 19.1. The van der Waals surface area contributed by atoms with Gasteiger partial charge in [-0.1, -0.05) is 6.07 Å². The summed E-state index contributed by atoms with van der Waals surface area (Å²) >= 11 is 1.61. The molecule has 0 unspecified atom stereocenters. The average molecular weight is 394 g/mol. The number of nitrogens with zero attached hydrogens (tertiary/aromatic N) is 7. The molecule has 5 rings (SSSR count). The van der Waals surface area contributed by atoms with Gasteiger partial charge in [0.2, 0.25) is 5.65 Å². The molecule has 4 aromatic rings. The van der Waals surface area contributed by atoms with Crippen LogP contribution in [0.4, 0.5) is 5.82 Å². The van der Waals surface area contributed by atoms with Crippen molar-refractivity contribution < 1.29 is 4.79 Å². The monoisotopic (exact) mass is 394 g/mol. The van der Waals surface area contributed by atoms with Crippen LogP contribution in [0.2, 0.25) is 0 Å². The quantitative estimate of drug-likeness (QED) is 0.565. The van der Waals surface area contributed by atoms with Gasteiger partial charge >= 0.3 is 0 Å². The Morgan fingerprint density at radius 1 is 1.39 bits per heavy atom. The molecule has 1 aliphatic rings. The van der Waals surface area contributed by atoms with Crippen LogP contribution in [0.5, 0.6) is 0 Å². The van der Waals surface area contributed by atoms with Gasteiger partial charge in [0, 0.05) is 38.6 Å². The van der Waals surface area contributed by atoms with Crippen molar-refractivity contribution in [3.05, 3.63) is 48.0 Å². The molecule has 4 aromatic heterocycles. The maximum absolute atomic E-state index is 12.8. The molecule has 28 heavy (non-hydrogen) atoms. The van der Waals surface area contributed by atoms with Crippen LogP contribution >= 0.6 is 11.3 Å². The lowest BCUT2D eigenvalue weighted by molar-refractivity contribution is 0.0931. The minimum atomic E-state index is -0.113. The van der Waals surface area contributed by atoms with Crippen LogP contribution in [-0.4, -0.2) is 54.4 Å². The average Bonchev–Trinajstić information content (AvgIpc) is 3.47. The number of rotatable bonds is 4. The Kier molecular flexibility index (Phi) is 4.05. The fourth-order valence-corrected chi connectivity index (χ4v) is 4.20. The van der Waals surface area contributed by atoms with Crippen molar-refractivity contribution in [1.82, 2.24) is 34.7 Å². The maximum atomic E-state index is 12.8. The number of carbonyl (C=O) groups excluding carboxylic acids is 1.